The molecule has 15 heavy (non-hydrogen) atoms. The van der Waals surface area contributed by atoms with E-state index < -0.39 is 0 Å². The molecule has 0 aromatic rings. The molecule has 1 aliphatic carbocycles. The number of rotatable bonds is 5. The van der Waals surface area contributed by atoms with Crippen molar-refractivity contribution in [3.63, 3.8) is 0 Å². The topological polar surface area (TPSA) is 20.2 Å². The molecular formula is C14H28O. The van der Waals surface area contributed by atoms with Gasteiger partial charge in [-0.05, 0) is 43.4 Å². The third-order valence-electron chi connectivity index (χ3n) is 4.64. The Labute approximate surface area is 95.3 Å². The zero-order chi connectivity index (χ0) is 11.5. The van der Waals surface area contributed by atoms with Crippen molar-refractivity contribution in [3.05, 3.63) is 0 Å². The summed E-state index contributed by atoms with van der Waals surface area (Å²) in [6.07, 6.45) is 6.95. The van der Waals surface area contributed by atoms with Crippen molar-refractivity contribution in [2.75, 3.05) is 0 Å². The van der Waals surface area contributed by atoms with Gasteiger partial charge in [0.05, 0.1) is 5.60 Å². The summed E-state index contributed by atoms with van der Waals surface area (Å²) >= 11 is 0. The van der Waals surface area contributed by atoms with Crippen molar-refractivity contribution in [2.24, 2.45) is 17.8 Å². The molecule has 0 bridgehead atoms. The molecule has 0 aromatic carbocycles. The summed E-state index contributed by atoms with van der Waals surface area (Å²) in [5.74, 6) is 2.15. The molecule has 3 atom stereocenters. The lowest BCUT2D eigenvalue weighted by Crippen LogP contribution is -2.32. The molecule has 0 aromatic heterocycles. The second-order valence-corrected chi connectivity index (χ2v) is 5.84. The maximum Gasteiger partial charge on any atom is 0.0673 e. The second kappa shape index (κ2) is 5.34. The minimum Gasteiger partial charge on any atom is -0.390 e. The molecule has 0 amide bonds. The number of aliphatic hydroxyl groups is 1. The molecule has 0 aliphatic heterocycles. The van der Waals surface area contributed by atoms with Crippen LogP contribution in [0.15, 0.2) is 0 Å². The third kappa shape index (κ3) is 3.21. The molecule has 0 spiro atoms. The maximum absolute atomic E-state index is 10.4. The Morgan fingerprint density at radius 1 is 1.33 bits per heavy atom. The van der Waals surface area contributed by atoms with Gasteiger partial charge in [-0.2, -0.15) is 0 Å². The van der Waals surface area contributed by atoms with Crippen molar-refractivity contribution in [2.45, 2.75) is 71.8 Å². The summed E-state index contributed by atoms with van der Waals surface area (Å²) in [4.78, 5) is 0. The molecule has 3 unspecified atom stereocenters. The normalized spacial score (nSPS) is 33.6. The first-order valence-electron chi connectivity index (χ1n) is 6.72. The molecule has 1 N–H and O–H groups in total. The molecule has 0 radical (unpaired) electrons. The smallest absolute Gasteiger partial charge is 0.0673 e. The summed E-state index contributed by atoms with van der Waals surface area (Å²) in [5.41, 5.74) is -0.323. The van der Waals surface area contributed by atoms with Crippen LogP contribution >= 0.6 is 0 Å². The lowest BCUT2D eigenvalue weighted by atomic mass is 9.81. The van der Waals surface area contributed by atoms with E-state index in [1.54, 1.807) is 0 Å². The summed E-state index contributed by atoms with van der Waals surface area (Å²) in [5, 5.41) is 10.4. The highest BCUT2D eigenvalue weighted by molar-refractivity contribution is 4.91. The highest BCUT2D eigenvalue weighted by atomic mass is 16.3. The van der Waals surface area contributed by atoms with Gasteiger partial charge in [-0.3, -0.25) is 0 Å². The highest BCUT2D eigenvalue weighted by Crippen LogP contribution is 2.41. The van der Waals surface area contributed by atoms with E-state index in [2.05, 4.69) is 27.7 Å². The zero-order valence-electron chi connectivity index (χ0n) is 10.9. The standard InChI is InChI=1S/C14H28O/c1-5-14(15)10-6-7-13(14)9-8-12(4)11(2)3/h11-13,15H,5-10H2,1-4H3. The molecule has 0 heterocycles. The van der Waals surface area contributed by atoms with Gasteiger partial charge in [0.15, 0.2) is 0 Å². The average Bonchev–Trinajstić information content (AvgIpc) is 2.57. The van der Waals surface area contributed by atoms with E-state index in [1.807, 2.05) is 0 Å². The molecule has 1 fully saturated rings. The van der Waals surface area contributed by atoms with Gasteiger partial charge in [0.2, 0.25) is 0 Å². The van der Waals surface area contributed by atoms with Gasteiger partial charge in [-0.1, -0.05) is 40.5 Å². The summed E-state index contributed by atoms with van der Waals surface area (Å²) in [6.45, 7) is 9.06. The monoisotopic (exact) mass is 212 g/mol. The van der Waals surface area contributed by atoms with Crippen LogP contribution in [0.2, 0.25) is 0 Å². The van der Waals surface area contributed by atoms with E-state index in [1.165, 1.54) is 25.7 Å². The Bertz CT molecular complexity index is 188. The Morgan fingerprint density at radius 3 is 2.53 bits per heavy atom. The number of hydrogen-bond acceptors (Lipinski definition) is 1. The Kier molecular flexibility index (Phi) is 4.64. The van der Waals surface area contributed by atoms with Crippen LogP contribution < -0.4 is 0 Å². The number of hydrogen-bond donors (Lipinski definition) is 1. The highest BCUT2D eigenvalue weighted by Gasteiger charge is 2.38. The van der Waals surface area contributed by atoms with E-state index >= 15 is 0 Å². The van der Waals surface area contributed by atoms with E-state index in [-0.39, 0.29) is 5.60 Å². The summed E-state index contributed by atoms with van der Waals surface area (Å²) in [7, 11) is 0. The second-order valence-electron chi connectivity index (χ2n) is 5.84. The van der Waals surface area contributed by atoms with Crippen molar-refractivity contribution >= 4 is 0 Å². The van der Waals surface area contributed by atoms with Gasteiger partial charge >= 0.3 is 0 Å². The Hall–Kier alpha value is -0.0400. The quantitative estimate of drug-likeness (QED) is 0.730. The Morgan fingerprint density at radius 2 is 2.00 bits per heavy atom. The van der Waals surface area contributed by atoms with Gasteiger partial charge in [-0.15, -0.1) is 0 Å². The van der Waals surface area contributed by atoms with Crippen LogP contribution in [-0.2, 0) is 0 Å². The minimum absolute atomic E-state index is 0.323. The first-order chi connectivity index (χ1) is 6.99. The van der Waals surface area contributed by atoms with E-state index in [0.717, 1.165) is 24.7 Å². The Balaban J connectivity index is 2.38. The average molecular weight is 212 g/mol. The van der Waals surface area contributed by atoms with Crippen LogP contribution in [0, 0.1) is 17.8 Å². The SMILES string of the molecule is CCC1(O)CCCC1CCC(C)C(C)C. The predicted molar refractivity (Wildman–Crippen MR) is 65.8 cm³/mol. The van der Waals surface area contributed by atoms with Crippen LogP contribution in [-0.4, -0.2) is 10.7 Å². The molecule has 0 saturated heterocycles. The fourth-order valence-corrected chi connectivity index (χ4v) is 2.80. The molecule has 90 valence electrons. The molecular weight excluding hydrogens is 184 g/mol. The van der Waals surface area contributed by atoms with Gasteiger partial charge in [0.25, 0.3) is 0 Å². The van der Waals surface area contributed by atoms with Crippen molar-refractivity contribution < 1.29 is 5.11 Å². The van der Waals surface area contributed by atoms with Gasteiger partial charge < -0.3 is 5.11 Å². The van der Waals surface area contributed by atoms with E-state index in [9.17, 15) is 5.11 Å². The maximum atomic E-state index is 10.4. The first kappa shape index (κ1) is 13.0. The van der Waals surface area contributed by atoms with Gasteiger partial charge in [-0.25, -0.2) is 0 Å². The minimum atomic E-state index is -0.323. The van der Waals surface area contributed by atoms with Gasteiger partial charge in [0, 0.05) is 0 Å². The molecule has 1 aliphatic rings. The fraction of sp³-hybridized carbons (Fsp3) is 1.00. The van der Waals surface area contributed by atoms with E-state index in [4.69, 9.17) is 0 Å². The van der Waals surface area contributed by atoms with Crippen molar-refractivity contribution in [1.82, 2.24) is 0 Å². The van der Waals surface area contributed by atoms with Crippen LogP contribution in [0.4, 0.5) is 0 Å². The van der Waals surface area contributed by atoms with Crippen LogP contribution in [0.25, 0.3) is 0 Å². The summed E-state index contributed by atoms with van der Waals surface area (Å²) < 4.78 is 0. The molecule has 1 saturated carbocycles. The lowest BCUT2D eigenvalue weighted by molar-refractivity contribution is -0.00659. The molecule has 1 heteroatoms. The van der Waals surface area contributed by atoms with Crippen LogP contribution in [0.5, 0.6) is 0 Å². The van der Waals surface area contributed by atoms with Crippen molar-refractivity contribution in [1.29, 1.82) is 0 Å². The van der Waals surface area contributed by atoms with Crippen LogP contribution in [0.1, 0.15) is 66.2 Å². The van der Waals surface area contributed by atoms with E-state index in [0.29, 0.717) is 5.92 Å². The zero-order valence-corrected chi connectivity index (χ0v) is 10.9. The first-order valence-corrected chi connectivity index (χ1v) is 6.72. The predicted octanol–water partition coefficient (Wildman–Crippen LogP) is 4.00. The third-order valence-corrected chi connectivity index (χ3v) is 4.64. The fourth-order valence-electron chi connectivity index (χ4n) is 2.80. The molecule has 1 nitrogen and oxygen atoms in total. The lowest BCUT2D eigenvalue weighted by Gasteiger charge is -2.30. The van der Waals surface area contributed by atoms with Crippen molar-refractivity contribution in [3.8, 4) is 0 Å². The molecule has 1 rings (SSSR count). The van der Waals surface area contributed by atoms with Gasteiger partial charge in [0.1, 0.15) is 0 Å². The largest absolute Gasteiger partial charge is 0.390 e. The summed E-state index contributed by atoms with van der Waals surface area (Å²) in [6, 6.07) is 0. The van der Waals surface area contributed by atoms with Crippen LogP contribution in [0.3, 0.4) is 0 Å².